The quantitative estimate of drug-likeness (QED) is 0.705. The van der Waals surface area contributed by atoms with Crippen molar-refractivity contribution in [3.63, 3.8) is 0 Å². The number of piperidine rings is 1. The van der Waals surface area contributed by atoms with Crippen LogP contribution in [0.3, 0.4) is 0 Å². The van der Waals surface area contributed by atoms with Crippen molar-refractivity contribution in [2.24, 2.45) is 0 Å². The molecule has 1 fully saturated rings. The monoisotopic (exact) mass is 288 g/mol. The molecule has 0 radical (unpaired) electrons. The molecule has 0 atom stereocenters. The summed E-state index contributed by atoms with van der Waals surface area (Å²) in [6.45, 7) is 1.82. The Bertz CT molecular complexity index is 812. The van der Waals surface area contributed by atoms with Gasteiger partial charge in [0.2, 0.25) is 0 Å². The third-order valence-corrected chi connectivity index (χ3v) is 3.79. The van der Waals surface area contributed by atoms with Crippen molar-refractivity contribution in [3.8, 4) is 5.82 Å². The van der Waals surface area contributed by atoms with Crippen LogP contribution in [0.15, 0.2) is 38.8 Å². The number of aromatic amines is 2. The number of H-pyrrole nitrogens is 2. The van der Waals surface area contributed by atoms with Gasteiger partial charge in [-0.1, -0.05) is 0 Å². The molecule has 0 amide bonds. The Hall–Kier alpha value is -2.41. The molecule has 7 nitrogen and oxygen atoms in total. The van der Waals surface area contributed by atoms with Gasteiger partial charge in [0.15, 0.2) is 0 Å². The molecule has 0 aromatic carbocycles. The van der Waals surface area contributed by atoms with Crippen molar-refractivity contribution in [2.75, 3.05) is 13.1 Å². The number of pyridine rings is 1. The fourth-order valence-electron chi connectivity index (χ4n) is 2.68. The Labute approximate surface area is 119 Å². The lowest BCUT2D eigenvalue weighted by Crippen LogP contribution is -2.31. The van der Waals surface area contributed by atoms with Crippen molar-refractivity contribution in [3.05, 3.63) is 61.2 Å². The first-order valence-corrected chi connectivity index (χ1v) is 6.91. The van der Waals surface area contributed by atoms with Crippen LogP contribution >= 0.6 is 0 Å². The number of hydrogen-bond donors (Lipinski definition) is 3. The van der Waals surface area contributed by atoms with E-state index in [2.05, 4.69) is 15.3 Å². The maximum atomic E-state index is 12.2. The Morgan fingerprint density at radius 2 is 1.76 bits per heavy atom. The third kappa shape index (κ3) is 2.73. The molecule has 3 heterocycles. The molecule has 0 bridgehead atoms. The molecule has 0 spiro atoms. The van der Waals surface area contributed by atoms with Crippen LogP contribution in [0.25, 0.3) is 5.82 Å². The molecule has 1 aliphatic rings. The van der Waals surface area contributed by atoms with E-state index < -0.39 is 11.2 Å². The predicted octanol–water partition coefficient (Wildman–Crippen LogP) is -0.319. The molecule has 21 heavy (non-hydrogen) atoms. The van der Waals surface area contributed by atoms with Crippen molar-refractivity contribution in [2.45, 2.75) is 18.8 Å². The molecule has 2 aromatic rings. The maximum Gasteiger partial charge on any atom is 0.334 e. The fourth-order valence-corrected chi connectivity index (χ4v) is 2.68. The lowest BCUT2D eigenvalue weighted by Gasteiger charge is -2.22. The lowest BCUT2D eigenvalue weighted by molar-refractivity contribution is 0.457. The van der Waals surface area contributed by atoms with Crippen LogP contribution < -0.4 is 22.1 Å². The summed E-state index contributed by atoms with van der Waals surface area (Å²) in [5.74, 6) is 0.593. The molecule has 0 aliphatic carbocycles. The van der Waals surface area contributed by atoms with Crippen LogP contribution in [0.1, 0.15) is 24.3 Å². The second-order valence-electron chi connectivity index (χ2n) is 5.13. The van der Waals surface area contributed by atoms with E-state index in [0.717, 1.165) is 31.5 Å². The van der Waals surface area contributed by atoms with E-state index >= 15 is 0 Å². The predicted molar refractivity (Wildman–Crippen MR) is 78.1 cm³/mol. The van der Waals surface area contributed by atoms with Gasteiger partial charge in [0.25, 0.3) is 11.1 Å². The minimum atomic E-state index is -0.576. The zero-order chi connectivity index (χ0) is 14.8. The molecule has 1 aliphatic heterocycles. The van der Waals surface area contributed by atoms with E-state index in [1.807, 2.05) is 0 Å². The zero-order valence-corrected chi connectivity index (χ0v) is 11.4. The largest absolute Gasteiger partial charge is 0.334 e. The zero-order valence-electron chi connectivity index (χ0n) is 11.4. The van der Waals surface area contributed by atoms with Crippen molar-refractivity contribution in [1.82, 2.24) is 19.9 Å². The Morgan fingerprint density at radius 3 is 2.43 bits per heavy atom. The topological polar surface area (TPSA) is 99.8 Å². The summed E-state index contributed by atoms with van der Waals surface area (Å²) in [7, 11) is 0. The van der Waals surface area contributed by atoms with Gasteiger partial charge >= 0.3 is 5.69 Å². The molecule has 3 rings (SSSR count). The van der Waals surface area contributed by atoms with Gasteiger partial charge in [-0.2, -0.15) is 0 Å². The number of nitrogens with zero attached hydrogens (tertiary/aromatic N) is 1. The summed E-state index contributed by atoms with van der Waals surface area (Å²) in [5, 5.41) is 3.26. The molecule has 0 saturated carbocycles. The van der Waals surface area contributed by atoms with Crippen LogP contribution in [-0.2, 0) is 0 Å². The minimum Gasteiger partial charge on any atom is -0.317 e. The molecule has 0 unspecified atom stereocenters. The van der Waals surface area contributed by atoms with Gasteiger partial charge in [0.1, 0.15) is 5.82 Å². The molecule has 3 N–H and O–H groups in total. The van der Waals surface area contributed by atoms with Crippen LogP contribution in [0.5, 0.6) is 0 Å². The van der Waals surface area contributed by atoms with Gasteiger partial charge in [-0.3, -0.25) is 19.1 Å². The third-order valence-electron chi connectivity index (χ3n) is 3.79. The van der Waals surface area contributed by atoms with Crippen LogP contribution in [-0.4, -0.2) is 27.6 Å². The number of nitrogens with one attached hydrogen (secondary N) is 3. The van der Waals surface area contributed by atoms with Gasteiger partial charge in [0.05, 0.1) is 0 Å². The lowest BCUT2D eigenvalue weighted by atomic mass is 9.91. The molecule has 110 valence electrons. The fraction of sp³-hybridized carbons (Fsp3) is 0.357. The second kappa shape index (κ2) is 5.53. The maximum absolute atomic E-state index is 12.2. The van der Waals surface area contributed by atoms with Crippen LogP contribution in [0, 0.1) is 0 Å². The first-order chi connectivity index (χ1) is 10.1. The van der Waals surface area contributed by atoms with Gasteiger partial charge < -0.3 is 10.3 Å². The minimum absolute atomic E-state index is 0.183. The second-order valence-corrected chi connectivity index (χ2v) is 5.13. The molecule has 7 heteroatoms. The molecule has 1 saturated heterocycles. The SMILES string of the molecule is O=c1ccn(-c2ccc(C3CCNCC3)c(=O)[nH]2)c(=O)[nH]1. The summed E-state index contributed by atoms with van der Waals surface area (Å²) >= 11 is 0. The van der Waals surface area contributed by atoms with Crippen molar-refractivity contribution < 1.29 is 0 Å². The van der Waals surface area contributed by atoms with E-state index in [1.165, 1.54) is 16.8 Å². The average molecular weight is 288 g/mol. The van der Waals surface area contributed by atoms with E-state index in [9.17, 15) is 14.4 Å². The summed E-state index contributed by atoms with van der Waals surface area (Å²) in [4.78, 5) is 39.9. The highest BCUT2D eigenvalue weighted by atomic mass is 16.2. The van der Waals surface area contributed by atoms with Gasteiger partial charge in [-0.05, 0) is 44.0 Å². The highest BCUT2D eigenvalue weighted by molar-refractivity contribution is 5.27. The first-order valence-electron chi connectivity index (χ1n) is 6.91. The average Bonchev–Trinajstić information content (AvgIpc) is 2.48. The smallest absolute Gasteiger partial charge is 0.317 e. The van der Waals surface area contributed by atoms with Gasteiger partial charge in [0, 0.05) is 17.8 Å². The molecular formula is C14H16N4O3. The molecule has 2 aromatic heterocycles. The van der Waals surface area contributed by atoms with E-state index in [1.54, 1.807) is 12.1 Å². The van der Waals surface area contributed by atoms with Gasteiger partial charge in [-0.25, -0.2) is 4.79 Å². The summed E-state index contributed by atoms with van der Waals surface area (Å²) in [5.41, 5.74) is -0.479. The van der Waals surface area contributed by atoms with Crippen molar-refractivity contribution in [1.29, 1.82) is 0 Å². The number of aromatic nitrogens is 3. The van der Waals surface area contributed by atoms with E-state index in [-0.39, 0.29) is 11.5 Å². The Kier molecular flexibility index (Phi) is 3.57. The van der Waals surface area contributed by atoms with E-state index in [0.29, 0.717) is 5.82 Å². The van der Waals surface area contributed by atoms with Crippen LogP contribution in [0.2, 0.25) is 0 Å². The summed E-state index contributed by atoms with van der Waals surface area (Å²) in [6.07, 6.45) is 3.21. The van der Waals surface area contributed by atoms with Crippen molar-refractivity contribution >= 4 is 0 Å². The van der Waals surface area contributed by atoms with Crippen LogP contribution in [0.4, 0.5) is 0 Å². The highest BCUT2D eigenvalue weighted by Crippen LogP contribution is 2.22. The Balaban J connectivity index is 1.99. The Morgan fingerprint density at radius 1 is 1.00 bits per heavy atom. The highest BCUT2D eigenvalue weighted by Gasteiger charge is 2.18. The van der Waals surface area contributed by atoms with E-state index in [4.69, 9.17) is 0 Å². The van der Waals surface area contributed by atoms with Gasteiger partial charge in [-0.15, -0.1) is 0 Å². The summed E-state index contributed by atoms with van der Waals surface area (Å²) in [6, 6.07) is 4.70. The standard InChI is InChI=1S/C14H16N4O3/c19-12-5-8-18(14(21)17-12)11-2-1-10(13(20)16-11)9-3-6-15-7-4-9/h1-2,5,8-9,15H,3-4,6-7H2,(H,16,20)(H,17,19,21). The number of rotatable bonds is 2. The summed E-state index contributed by atoms with van der Waals surface area (Å²) < 4.78 is 1.20. The normalized spacial score (nSPS) is 16.0. The first kappa shape index (κ1) is 13.6. The number of hydrogen-bond acceptors (Lipinski definition) is 4. The molecular weight excluding hydrogens is 272 g/mol.